The van der Waals surface area contributed by atoms with Crippen LogP contribution in [0.3, 0.4) is 0 Å². The molecule has 5 nitrogen and oxygen atoms in total. The number of aliphatic carboxylic acids is 1. The fourth-order valence-corrected chi connectivity index (χ4v) is 4.19. The van der Waals surface area contributed by atoms with E-state index in [1.54, 1.807) is 13.0 Å². The molecule has 0 atom stereocenters. The van der Waals surface area contributed by atoms with E-state index >= 15 is 0 Å². The van der Waals surface area contributed by atoms with E-state index in [-0.39, 0.29) is 13.0 Å². The van der Waals surface area contributed by atoms with Crippen LogP contribution in [0, 0.1) is 13.8 Å². The molecule has 102 valence electrons. The molecule has 0 unspecified atom stereocenters. The highest BCUT2D eigenvalue weighted by atomic mass is 32.2. The molecule has 1 heterocycles. The van der Waals surface area contributed by atoms with Gasteiger partial charge in [0.2, 0.25) is 10.0 Å². The molecule has 18 heavy (non-hydrogen) atoms. The largest absolute Gasteiger partial charge is 0.481 e. The molecule has 1 rings (SSSR count). The topological polar surface area (TPSA) is 83.5 Å². The van der Waals surface area contributed by atoms with Gasteiger partial charge in [0.05, 0.1) is 4.90 Å². The second kappa shape index (κ2) is 6.31. The van der Waals surface area contributed by atoms with Gasteiger partial charge in [0.1, 0.15) is 0 Å². The third-order valence-corrected chi connectivity index (χ3v) is 5.08. The first-order chi connectivity index (χ1) is 8.33. The minimum atomic E-state index is -3.46. The first kappa shape index (κ1) is 15.1. The van der Waals surface area contributed by atoms with E-state index in [1.165, 1.54) is 11.3 Å². The number of carboxylic acids is 1. The van der Waals surface area contributed by atoms with Gasteiger partial charge in [0.25, 0.3) is 0 Å². The lowest BCUT2D eigenvalue weighted by Gasteiger charge is -2.05. The standard InChI is InChI=1S/C11H17NO4S2/c1-8-7-10(9(2)17-8)18(15,16)12-6-4-3-5-11(13)14/h7,12H,3-6H2,1-2H3,(H,13,14). The van der Waals surface area contributed by atoms with Gasteiger partial charge in [0.15, 0.2) is 0 Å². The molecule has 0 bridgehead atoms. The Morgan fingerprint density at radius 1 is 1.39 bits per heavy atom. The summed E-state index contributed by atoms with van der Waals surface area (Å²) in [6.45, 7) is 3.91. The highest BCUT2D eigenvalue weighted by molar-refractivity contribution is 7.89. The van der Waals surface area contributed by atoms with Crippen LogP contribution < -0.4 is 4.72 Å². The minimum absolute atomic E-state index is 0.0678. The Balaban J connectivity index is 2.51. The lowest BCUT2D eigenvalue weighted by molar-refractivity contribution is -0.137. The van der Waals surface area contributed by atoms with Crippen LogP contribution in [-0.2, 0) is 14.8 Å². The molecule has 0 saturated heterocycles. The number of carbonyl (C=O) groups is 1. The Bertz CT molecular complexity index is 519. The second-order valence-electron chi connectivity index (χ2n) is 4.03. The van der Waals surface area contributed by atoms with E-state index < -0.39 is 16.0 Å². The summed E-state index contributed by atoms with van der Waals surface area (Å²) in [6.07, 6.45) is 1.06. The maximum Gasteiger partial charge on any atom is 0.303 e. The lowest BCUT2D eigenvalue weighted by Crippen LogP contribution is -2.25. The zero-order chi connectivity index (χ0) is 13.8. The SMILES string of the molecule is Cc1cc(S(=O)(=O)NCCCCC(=O)O)c(C)s1. The van der Waals surface area contributed by atoms with Crippen molar-refractivity contribution in [3.05, 3.63) is 15.8 Å². The summed E-state index contributed by atoms with van der Waals surface area (Å²) < 4.78 is 26.4. The number of hydrogen-bond acceptors (Lipinski definition) is 4. The summed E-state index contributed by atoms with van der Waals surface area (Å²) in [7, 11) is -3.46. The van der Waals surface area contributed by atoms with Crippen LogP contribution in [0.25, 0.3) is 0 Å². The maximum absolute atomic E-state index is 11.9. The highest BCUT2D eigenvalue weighted by Crippen LogP contribution is 2.24. The average molecular weight is 291 g/mol. The number of carboxylic acid groups (broad SMARTS) is 1. The second-order valence-corrected chi connectivity index (χ2v) is 7.22. The molecule has 2 N–H and O–H groups in total. The number of hydrogen-bond donors (Lipinski definition) is 2. The van der Waals surface area contributed by atoms with Gasteiger partial charge in [-0.05, 0) is 32.8 Å². The van der Waals surface area contributed by atoms with E-state index in [1.807, 2.05) is 6.92 Å². The summed E-state index contributed by atoms with van der Waals surface area (Å²) in [5.74, 6) is -0.859. The maximum atomic E-state index is 11.9. The number of aryl methyl sites for hydroxylation is 2. The summed E-state index contributed by atoms with van der Waals surface area (Å²) in [4.78, 5) is 12.3. The Morgan fingerprint density at radius 2 is 2.06 bits per heavy atom. The molecule has 0 fully saturated rings. The smallest absolute Gasteiger partial charge is 0.303 e. The number of unbranched alkanes of at least 4 members (excludes halogenated alkanes) is 1. The van der Waals surface area contributed by atoms with Crippen molar-refractivity contribution in [3.8, 4) is 0 Å². The van der Waals surface area contributed by atoms with Crippen molar-refractivity contribution in [2.75, 3.05) is 6.54 Å². The summed E-state index contributed by atoms with van der Waals surface area (Å²) >= 11 is 1.45. The number of sulfonamides is 1. The van der Waals surface area contributed by atoms with Gasteiger partial charge in [0, 0.05) is 22.7 Å². The fourth-order valence-electron chi connectivity index (χ4n) is 1.56. The monoisotopic (exact) mass is 291 g/mol. The van der Waals surface area contributed by atoms with E-state index in [0.717, 1.165) is 9.75 Å². The number of thiophene rings is 1. The molecule has 0 saturated carbocycles. The van der Waals surface area contributed by atoms with Gasteiger partial charge < -0.3 is 5.11 Å². The van der Waals surface area contributed by atoms with Gasteiger partial charge in [-0.3, -0.25) is 4.79 Å². The molecule has 0 aliphatic rings. The predicted octanol–water partition coefficient (Wildman–Crippen LogP) is 1.90. The molecule has 0 aliphatic carbocycles. The quantitative estimate of drug-likeness (QED) is 0.752. The van der Waals surface area contributed by atoms with E-state index in [4.69, 9.17) is 5.11 Å². The lowest BCUT2D eigenvalue weighted by atomic mass is 10.2. The molecular formula is C11H17NO4S2. The summed E-state index contributed by atoms with van der Waals surface area (Å²) in [5, 5.41) is 8.45. The number of rotatable bonds is 7. The van der Waals surface area contributed by atoms with E-state index in [0.29, 0.717) is 17.7 Å². The third-order valence-electron chi connectivity index (χ3n) is 2.39. The molecule has 1 aromatic rings. The summed E-state index contributed by atoms with van der Waals surface area (Å²) in [6, 6.07) is 1.65. The highest BCUT2D eigenvalue weighted by Gasteiger charge is 2.18. The van der Waals surface area contributed by atoms with Crippen molar-refractivity contribution in [2.45, 2.75) is 38.0 Å². The first-order valence-electron chi connectivity index (χ1n) is 5.61. The van der Waals surface area contributed by atoms with Gasteiger partial charge in [-0.1, -0.05) is 0 Å². The Labute approximate surface area is 111 Å². The van der Waals surface area contributed by atoms with Crippen LogP contribution in [0.15, 0.2) is 11.0 Å². The summed E-state index contributed by atoms with van der Waals surface area (Å²) in [5.41, 5.74) is 0. The van der Waals surface area contributed by atoms with Crippen molar-refractivity contribution >= 4 is 27.3 Å². The predicted molar refractivity (Wildman–Crippen MR) is 70.5 cm³/mol. The van der Waals surface area contributed by atoms with Crippen LogP contribution >= 0.6 is 11.3 Å². The molecule has 0 radical (unpaired) electrons. The molecule has 0 aromatic carbocycles. The van der Waals surface area contributed by atoms with Crippen LogP contribution in [0.2, 0.25) is 0 Å². The Kier molecular flexibility index (Phi) is 5.30. The van der Waals surface area contributed by atoms with E-state index in [2.05, 4.69) is 4.72 Å². The van der Waals surface area contributed by atoms with Crippen LogP contribution in [0.5, 0.6) is 0 Å². The first-order valence-corrected chi connectivity index (χ1v) is 7.91. The normalized spacial score (nSPS) is 11.7. The van der Waals surface area contributed by atoms with Crippen molar-refractivity contribution in [2.24, 2.45) is 0 Å². The molecule has 0 amide bonds. The third kappa shape index (κ3) is 4.40. The zero-order valence-corrected chi connectivity index (χ0v) is 12.0. The van der Waals surface area contributed by atoms with Gasteiger partial charge in [-0.2, -0.15) is 0 Å². The fraction of sp³-hybridized carbons (Fsp3) is 0.545. The molecule has 7 heteroatoms. The Morgan fingerprint density at radius 3 is 2.56 bits per heavy atom. The number of nitrogens with one attached hydrogen (secondary N) is 1. The molecular weight excluding hydrogens is 274 g/mol. The zero-order valence-electron chi connectivity index (χ0n) is 10.4. The van der Waals surface area contributed by atoms with Crippen molar-refractivity contribution in [3.63, 3.8) is 0 Å². The van der Waals surface area contributed by atoms with Crippen molar-refractivity contribution in [1.29, 1.82) is 0 Å². The molecule has 0 aliphatic heterocycles. The van der Waals surface area contributed by atoms with Crippen LogP contribution in [0.4, 0.5) is 0 Å². The van der Waals surface area contributed by atoms with Crippen LogP contribution in [0.1, 0.15) is 29.0 Å². The van der Waals surface area contributed by atoms with Crippen LogP contribution in [-0.4, -0.2) is 26.0 Å². The minimum Gasteiger partial charge on any atom is -0.481 e. The van der Waals surface area contributed by atoms with Crippen molar-refractivity contribution < 1.29 is 18.3 Å². The molecule has 0 spiro atoms. The molecule has 1 aromatic heterocycles. The van der Waals surface area contributed by atoms with Crippen molar-refractivity contribution in [1.82, 2.24) is 4.72 Å². The van der Waals surface area contributed by atoms with E-state index in [9.17, 15) is 13.2 Å². The van der Waals surface area contributed by atoms with Gasteiger partial charge in [-0.25, -0.2) is 13.1 Å². The Hall–Kier alpha value is -0.920. The van der Waals surface area contributed by atoms with Gasteiger partial charge in [-0.15, -0.1) is 11.3 Å². The average Bonchev–Trinajstić information content (AvgIpc) is 2.57. The van der Waals surface area contributed by atoms with Gasteiger partial charge >= 0.3 is 5.97 Å².